The predicted octanol–water partition coefficient (Wildman–Crippen LogP) is 13.1. The van der Waals surface area contributed by atoms with Crippen molar-refractivity contribution >= 4 is 0 Å². The van der Waals surface area contributed by atoms with Crippen molar-refractivity contribution in [3.63, 3.8) is 0 Å². The maximum atomic E-state index is 2.40. The minimum absolute atomic E-state index is 0. The van der Waals surface area contributed by atoms with Crippen molar-refractivity contribution in [2.75, 3.05) is 0 Å². The molecule has 0 aliphatic carbocycles. The fourth-order valence-corrected chi connectivity index (χ4v) is 3.05. The Kier molecular flexibility index (Phi) is 45.3. The topological polar surface area (TPSA) is 0 Å². The molecule has 0 bridgehead atoms. The van der Waals surface area contributed by atoms with Crippen LogP contribution < -0.4 is 0 Å². The molecule has 0 fully saturated rings. The Bertz CT molecular complexity index is 259. The molecular weight excluding hydrogens is 670 g/mol. The molecule has 0 radical (unpaired) electrons. The summed E-state index contributed by atoms with van der Waals surface area (Å²) in [5, 5.41) is 0. The first-order valence-electron chi connectivity index (χ1n) is 15.8. The minimum atomic E-state index is 0. The second-order valence-electron chi connectivity index (χ2n) is 14.2. The second-order valence-corrected chi connectivity index (χ2v) is 14.2. The van der Waals surface area contributed by atoms with Gasteiger partial charge in [-0.25, -0.2) is 0 Å². The zero-order valence-corrected chi connectivity index (χ0v) is 33.2. The third-order valence-electron chi connectivity index (χ3n) is 5.10. The molecule has 0 heterocycles. The number of rotatable bonds is 16. The van der Waals surface area contributed by atoms with Gasteiger partial charge in [-0.2, -0.15) is 51.4 Å². The van der Waals surface area contributed by atoms with Gasteiger partial charge >= 0.3 is 31.1 Å². The molecule has 0 saturated carbocycles. The normalized spacial score (nSPS) is 11.0. The summed E-state index contributed by atoms with van der Waals surface area (Å²) < 4.78 is 0. The zero-order valence-electron chi connectivity index (χ0n) is 29.1. The summed E-state index contributed by atoms with van der Waals surface area (Å²) in [6.07, 6.45) is 19.8. The molecule has 0 aliphatic rings. The monoisotopic (exact) mass is 747 g/mol. The maximum Gasteiger partial charge on any atom is 4.00 e. The molecule has 0 aromatic rings. The van der Waals surface area contributed by atoms with E-state index in [4.69, 9.17) is 0 Å². The summed E-state index contributed by atoms with van der Waals surface area (Å²) >= 11 is 0. The Hall–Kier alpha value is 1.05. The van der Waals surface area contributed by atoms with E-state index in [1.807, 2.05) is 0 Å². The van der Waals surface area contributed by atoms with Crippen molar-refractivity contribution in [1.82, 2.24) is 0 Å². The Morgan fingerprint density at radius 2 is 0.324 bits per heavy atom. The molecule has 0 unspecified atom stereocenters. The molecule has 0 saturated heterocycles. The van der Waals surface area contributed by atoms with E-state index in [0.29, 0.717) is 0 Å². The van der Waals surface area contributed by atoms with Crippen LogP contribution in [0.5, 0.6) is 0 Å². The van der Waals surface area contributed by atoms with E-state index in [0.717, 1.165) is 47.3 Å². The van der Waals surface area contributed by atoms with Gasteiger partial charge in [-0.05, 0) is 0 Å². The van der Waals surface area contributed by atoms with E-state index >= 15 is 0 Å². The first kappa shape index (κ1) is 47.8. The Morgan fingerprint density at radius 3 is 0.378 bits per heavy atom. The smallest absolute Gasteiger partial charge is 0.328 e. The fraction of sp³-hybridized carbons (Fsp3) is 0.889. The molecule has 224 valence electrons. The van der Waals surface area contributed by atoms with Crippen molar-refractivity contribution in [3.8, 4) is 0 Å². The van der Waals surface area contributed by atoms with Gasteiger partial charge in [0, 0.05) is 0 Å². The minimum Gasteiger partial charge on any atom is -0.328 e. The van der Waals surface area contributed by atoms with Gasteiger partial charge in [0.15, 0.2) is 0 Å². The second kappa shape index (κ2) is 35.1. The molecule has 0 N–H and O–H groups in total. The number of hydrogen-bond donors (Lipinski definition) is 0. The SMILES string of the molecule is CC(C)C[CH-]CC(C)C.CC(C)C[CH-]CC(C)C.CC(C)C[CH-]CC(C)C.CC(C)C[CH-]CC(C)C.[U+4]. The van der Waals surface area contributed by atoms with Crippen molar-refractivity contribution in [1.29, 1.82) is 0 Å². The summed E-state index contributed by atoms with van der Waals surface area (Å²) in [5.41, 5.74) is 0. The molecule has 0 atom stereocenters. The van der Waals surface area contributed by atoms with Gasteiger partial charge in [-0.3, -0.25) is 0 Å². The Balaban J connectivity index is -0.000000122. The first-order chi connectivity index (χ1) is 16.5. The van der Waals surface area contributed by atoms with Crippen molar-refractivity contribution in [2.24, 2.45) is 47.3 Å². The molecule has 0 spiro atoms. The van der Waals surface area contributed by atoms with Crippen molar-refractivity contribution in [3.05, 3.63) is 25.7 Å². The molecule has 0 aromatic carbocycles. The molecule has 0 aliphatic heterocycles. The number of hydrogen-bond acceptors (Lipinski definition) is 0. The Morgan fingerprint density at radius 1 is 0.243 bits per heavy atom. The summed E-state index contributed by atoms with van der Waals surface area (Å²) in [5.74, 6) is 6.69. The van der Waals surface area contributed by atoms with Crippen LogP contribution in [0.25, 0.3) is 0 Å². The van der Waals surface area contributed by atoms with E-state index in [2.05, 4.69) is 136 Å². The van der Waals surface area contributed by atoms with Crippen molar-refractivity contribution in [2.45, 2.75) is 162 Å². The molecule has 0 aromatic heterocycles. The summed E-state index contributed by atoms with van der Waals surface area (Å²) in [4.78, 5) is 0. The average molecular weight is 747 g/mol. The maximum absolute atomic E-state index is 2.40. The fourth-order valence-electron chi connectivity index (χ4n) is 3.05. The van der Waals surface area contributed by atoms with Crippen LogP contribution in [0.3, 0.4) is 0 Å². The summed E-state index contributed by atoms with van der Waals surface area (Å²) in [6, 6.07) is 0. The van der Waals surface area contributed by atoms with Gasteiger partial charge in [0.05, 0.1) is 0 Å². The summed E-state index contributed by atoms with van der Waals surface area (Å²) in [7, 11) is 0. The quantitative estimate of drug-likeness (QED) is 0.138. The van der Waals surface area contributed by atoms with E-state index in [9.17, 15) is 0 Å². The van der Waals surface area contributed by atoms with Gasteiger partial charge in [-0.15, -0.1) is 0 Å². The van der Waals surface area contributed by atoms with E-state index in [1.165, 1.54) is 51.4 Å². The van der Waals surface area contributed by atoms with E-state index in [1.54, 1.807) is 0 Å². The summed E-state index contributed by atoms with van der Waals surface area (Å²) in [6.45, 7) is 36.2. The largest absolute Gasteiger partial charge is 4.00 e. The van der Waals surface area contributed by atoms with Gasteiger partial charge in [0.1, 0.15) is 0 Å². The van der Waals surface area contributed by atoms with Crippen LogP contribution >= 0.6 is 0 Å². The molecule has 1 heteroatoms. The van der Waals surface area contributed by atoms with E-state index < -0.39 is 0 Å². The van der Waals surface area contributed by atoms with Crippen LogP contribution in [0.2, 0.25) is 0 Å². The molecule has 0 amide bonds. The van der Waals surface area contributed by atoms with Crippen LogP contribution in [0, 0.1) is 104 Å². The van der Waals surface area contributed by atoms with Gasteiger partial charge in [-0.1, -0.05) is 158 Å². The van der Waals surface area contributed by atoms with Crippen LogP contribution in [-0.4, -0.2) is 0 Å². The van der Waals surface area contributed by atoms with Crippen LogP contribution in [-0.2, 0) is 0 Å². The van der Waals surface area contributed by atoms with Crippen LogP contribution in [0.15, 0.2) is 0 Å². The van der Waals surface area contributed by atoms with Gasteiger partial charge < -0.3 is 25.7 Å². The Labute approximate surface area is 264 Å². The van der Waals surface area contributed by atoms with E-state index in [-0.39, 0.29) is 31.1 Å². The average Bonchev–Trinajstić information content (AvgIpc) is 2.67. The van der Waals surface area contributed by atoms with Crippen LogP contribution in [0.1, 0.15) is 162 Å². The third-order valence-corrected chi connectivity index (χ3v) is 5.10. The first-order valence-corrected chi connectivity index (χ1v) is 15.8. The van der Waals surface area contributed by atoms with Crippen molar-refractivity contribution < 1.29 is 31.1 Å². The predicted molar refractivity (Wildman–Crippen MR) is 173 cm³/mol. The zero-order chi connectivity index (χ0) is 29.1. The standard InChI is InChI=1S/4C9H19.U/c4*1-8(2)6-5-7-9(3)4;/h4*5,8-9H,6-7H2,1-4H3;/q4*-1;+4. The van der Waals surface area contributed by atoms with Gasteiger partial charge in [0.25, 0.3) is 0 Å². The molecule has 0 rings (SSSR count). The van der Waals surface area contributed by atoms with Gasteiger partial charge in [0.2, 0.25) is 0 Å². The van der Waals surface area contributed by atoms with Crippen LogP contribution in [0.4, 0.5) is 0 Å². The third kappa shape index (κ3) is 72.5. The molecular formula is C36H76U. The molecule has 0 nitrogen and oxygen atoms in total. The molecule has 37 heavy (non-hydrogen) atoms.